The second kappa shape index (κ2) is 7.66. The molecule has 1 aliphatic rings. The Kier molecular flexibility index (Phi) is 4.72. The van der Waals surface area contributed by atoms with E-state index in [-0.39, 0.29) is 0 Å². The summed E-state index contributed by atoms with van der Waals surface area (Å²) in [5.41, 5.74) is 3.23. The van der Waals surface area contributed by atoms with Gasteiger partial charge in [-0.3, -0.25) is 4.98 Å². The van der Waals surface area contributed by atoms with Gasteiger partial charge in [-0.15, -0.1) is 11.3 Å². The van der Waals surface area contributed by atoms with Crippen molar-refractivity contribution in [2.45, 2.75) is 6.42 Å². The van der Waals surface area contributed by atoms with Crippen molar-refractivity contribution >= 4 is 27.4 Å². The number of fused-ring (bicyclic) bond motifs is 1. The van der Waals surface area contributed by atoms with Crippen molar-refractivity contribution in [1.82, 2.24) is 20.3 Å². The number of pyridine rings is 1. The molecule has 4 heterocycles. The third-order valence-electron chi connectivity index (χ3n) is 4.99. The minimum Gasteiger partial charge on any atom is -0.354 e. The number of rotatable bonds is 3. The van der Waals surface area contributed by atoms with Crippen molar-refractivity contribution < 1.29 is 0 Å². The van der Waals surface area contributed by atoms with E-state index in [0.717, 1.165) is 55.3 Å². The first-order chi connectivity index (χ1) is 13.9. The van der Waals surface area contributed by atoms with E-state index in [9.17, 15) is 0 Å². The van der Waals surface area contributed by atoms with Gasteiger partial charge in [0.1, 0.15) is 0 Å². The SMILES string of the molecule is c1ccc(-c2cc3nc(-c4ccncc4)nc(N4CCCNCC4)c3s2)cc1. The molecule has 1 aliphatic heterocycles. The molecular formula is C22H21N5S. The van der Waals surface area contributed by atoms with Crippen LogP contribution in [0, 0.1) is 0 Å². The summed E-state index contributed by atoms with van der Waals surface area (Å²) in [6.07, 6.45) is 4.70. The van der Waals surface area contributed by atoms with Crippen LogP contribution in [0.5, 0.6) is 0 Å². The van der Waals surface area contributed by atoms with Gasteiger partial charge >= 0.3 is 0 Å². The summed E-state index contributed by atoms with van der Waals surface area (Å²) in [6, 6.07) is 16.6. The average molecular weight is 388 g/mol. The monoisotopic (exact) mass is 387 g/mol. The molecule has 0 radical (unpaired) electrons. The number of nitrogens with one attached hydrogen (secondary N) is 1. The molecule has 6 heteroatoms. The highest BCUT2D eigenvalue weighted by Gasteiger charge is 2.19. The number of nitrogens with zero attached hydrogens (tertiary/aromatic N) is 4. The topological polar surface area (TPSA) is 53.9 Å². The zero-order valence-electron chi connectivity index (χ0n) is 15.5. The summed E-state index contributed by atoms with van der Waals surface area (Å²) >= 11 is 1.78. The minimum atomic E-state index is 0.763. The number of hydrogen-bond acceptors (Lipinski definition) is 6. The molecule has 4 aromatic rings. The molecule has 0 atom stereocenters. The van der Waals surface area contributed by atoms with Gasteiger partial charge in [0.15, 0.2) is 11.6 Å². The molecule has 28 heavy (non-hydrogen) atoms. The maximum Gasteiger partial charge on any atom is 0.162 e. The third kappa shape index (κ3) is 3.37. The first kappa shape index (κ1) is 17.3. The van der Waals surface area contributed by atoms with Crippen LogP contribution in [0.25, 0.3) is 32.0 Å². The molecule has 0 aliphatic carbocycles. The predicted octanol–water partition coefficient (Wildman–Crippen LogP) is 4.22. The van der Waals surface area contributed by atoms with Crippen molar-refractivity contribution in [3.63, 3.8) is 0 Å². The minimum absolute atomic E-state index is 0.763. The highest BCUT2D eigenvalue weighted by Crippen LogP contribution is 2.38. The summed E-state index contributed by atoms with van der Waals surface area (Å²) in [5.74, 6) is 1.81. The molecule has 1 fully saturated rings. The molecular weight excluding hydrogens is 366 g/mol. The summed E-state index contributed by atoms with van der Waals surface area (Å²) in [4.78, 5) is 17.7. The highest BCUT2D eigenvalue weighted by atomic mass is 32.1. The lowest BCUT2D eigenvalue weighted by atomic mass is 10.2. The summed E-state index contributed by atoms with van der Waals surface area (Å²) < 4.78 is 1.17. The maximum atomic E-state index is 5.01. The fourth-order valence-electron chi connectivity index (χ4n) is 3.56. The Morgan fingerprint density at radius 3 is 2.61 bits per heavy atom. The van der Waals surface area contributed by atoms with Crippen molar-refractivity contribution in [3.05, 3.63) is 60.9 Å². The molecule has 1 aromatic carbocycles. The summed E-state index contributed by atoms with van der Waals surface area (Å²) in [5, 5.41) is 3.48. The van der Waals surface area contributed by atoms with Crippen LogP contribution in [0.3, 0.4) is 0 Å². The second-order valence-corrected chi connectivity index (χ2v) is 7.94. The molecule has 0 bridgehead atoms. The lowest BCUT2D eigenvalue weighted by Gasteiger charge is -2.22. The maximum absolute atomic E-state index is 5.01. The van der Waals surface area contributed by atoms with E-state index in [1.165, 1.54) is 15.1 Å². The normalized spacial score (nSPS) is 14.9. The Morgan fingerprint density at radius 1 is 0.893 bits per heavy atom. The quantitative estimate of drug-likeness (QED) is 0.570. The van der Waals surface area contributed by atoms with Crippen LogP contribution in [-0.2, 0) is 0 Å². The van der Waals surface area contributed by atoms with E-state index in [4.69, 9.17) is 9.97 Å². The summed E-state index contributed by atoms with van der Waals surface area (Å²) in [6.45, 7) is 4.00. The molecule has 0 unspecified atom stereocenters. The number of thiophene rings is 1. The molecule has 1 saturated heterocycles. The standard InChI is InChI=1S/C22H21N5S/c1-2-5-16(6-3-1)19-15-18-20(28-19)22(27-13-4-9-23-12-14-27)26-21(25-18)17-7-10-24-11-8-17/h1-3,5-8,10-11,15,23H,4,9,12-14H2. The smallest absolute Gasteiger partial charge is 0.162 e. The largest absolute Gasteiger partial charge is 0.354 e. The number of anilines is 1. The highest BCUT2D eigenvalue weighted by molar-refractivity contribution is 7.22. The molecule has 0 saturated carbocycles. The third-order valence-corrected chi connectivity index (χ3v) is 6.16. The van der Waals surface area contributed by atoms with Crippen LogP contribution < -0.4 is 10.2 Å². The fraction of sp³-hybridized carbons (Fsp3) is 0.227. The van der Waals surface area contributed by atoms with Crippen LogP contribution in [0.15, 0.2) is 60.9 Å². The van der Waals surface area contributed by atoms with Crippen molar-refractivity contribution in [2.75, 3.05) is 31.1 Å². The van der Waals surface area contributed by atoms with E-state index in [2.05, 4.69) is 45.5 Å². The first-order valence-corrected chi connectivity index (χ1v) is 10.4. The molecule has 5 rings (SSSR count). The van der Waals surface area contributed by atoms with Crippen molar-refractivity contribution in [2.24, 2.45) is 0 Å². The Labute approximate surface area is 168 Å². The fourth-order valence-corrected chi connectivity index (χ4v) is 4.68. The van der Waals surface area contributed by atoms with E-state index < -0.39 is 0 Å². The van der Waals surface area contributed by atoms with Gasteiger partial charge in [-0.1, -0.05) is 30.3 Å². The van der Waals surface area contributed by atoms with Gasteiger partial charge in [-0.05, 0) is 36.7 Å². The first-order valence-electron chi connectivity index (χ1n) is 9.61. The van der Waals surface area contributed by atoms with Crippen LogP contribution in [0.2, 0.25) is 0 Å². The van der Waals surface area contributed by atoms with E-state index in [1.54, 1.807) is 23.7 Å². The second-order valence-electron chi connectivity index (χ2n) is 6.89. The number of aromatic nitrogens is 3. The molecule has 1 N–H and O–H groups in total. The molecule has 0 spiro atoms. The molecule has 0 amide bonds. The Hall–Kier alpha value is -2.83. The predicted molar refractivity (Wildman–Crippen MR) is 116 cm³/mol. The zero-order valence-corrected chi connectivity index (χ0v) is 16.3. The van der Waals surface area contributed by atoms with E-state index in [0.29, 0.717) is 0 Å². The van der Waals surface area contributed by atoms with Gasteiger partial charge in [0.25, 0.3) is 0 Å². The van der Waals surface area contributed by atoms with Gasteiger partial charge in [-0.25, -0.2) is 9.97 Å². The van der Waals surface area contributed by atoms with Gasteiger partial charge < -0.3 is 10.2 Å². The number of benzene rings is 1. The van der Waals surface area contributed by atoms with E-state index >= 15 is 0 Å². The van der Waals surface area contributed by atoms with Crippen molar-refractivity contribution in [3.8, 4) is 21.8 Å². The van der Waals surface area contributed by atoms with Crippen LogP contribution in [0.1, 0.15) is 6.42 Å². The average Bonchev–Trinajstić information content (AvgIpc) is 3.01. The zero-order chi connectivity index (χ0) is 18.8. The summed E-state index contributed by atoms with van der Waals surface area (Å²) in [7, 11) is 0. The Morgan fingerprint density at radius 2 is 1.75 bits per heavy atom. The van der Waals surface area contributed by atoms with Gasteiger partial charge in [0, 0.05) is 42.5 Å². The Bertz CT molecular complexity index is 1070. The lowest BCUT2D eigenvalue weighted by Crippen LogP contribution is -2.28. The molecule has 3 aromatic heterocycles. The van der Waals surface area contributed by atoms with Crippen LogP contribution in [0.4, 0.5) is 5.82 Å². The van der Waals surface area contributed by atoms with Crippen LogP contribution in [-0.4, -0.2) is 41.1 Å². The van der Waals surface area contributed by atoms with Gasteiger partial charge in [0.05, 0.1) is 10.2 Å². The van der Waals surface area contributed by atoms with Gasteiger partial charge in [0.2, 0.25) is 0 Å². The Balaban J connectivity index is 1.68. The van der Waals surface area contributed by atoms with Crippen LogP contribution >= 0.6 is 11.3 Å². The lowest BCUT2D eigenvalue weighted by molar-refractivity contribution is 0.724. The van der Waals surface area contributed by atoms with Crippen molar-refractivity contribution in [1.29, 1.82) is 0 Å². The molecule has 5 nitrogen and oxygen atoms in total. The number of hydrogen-bond donors (Lipinski definition) is 1. The van der Waals surface area contributed by atoms with Gasteiger partial charge in [-0.2, -0.15) is 0 Å². The van der Waals surface area contributed by atoms with E-state index in [1.807, 2.05) is 18.2 Å². The molecule has 140 valence electrons.